The first-order valence-corrected chi connectivity index (χ1v) is 10.8. The van der Waals surface area contributed by atoms with E-state index in [9.17, 15) is 26.4 Å². The minimum Gasteiger partial charge on any atom is -0.354 e. The number of carbonyl (C=O) groups excluding carboxylic acids is 1. The summed E-state index contributed by atoms with van der Waals surface area (Å²) >= 11 is 0. The average molecular weight is 438 g/mol. The van der Waals surface area contributed by atoms with Crippen molar-refractivity contribution < 1.29 is 26.4 Å². The standard InChI is InChI=1S/C21H21F3N2O3S/c1-20(2,17-4-3-5-18(10-17)21(22,23)24)14-26-19(27)13-30(28,29)12-16-8-6-15(11-25)7-9-16/h3-10H,12-14H2,1-2H3,(H,26,27). The molecular formula is C21H21F3N2O3S. The van der Waals surface area contributed by atoms with E-state index in [4.69, 9.17) is 5.26 Å². The molecule has 0 spiro atoms. The van der Waals surface area contributed by atoms with Gasteiger partial charge in [0.15, 0.2) is 9.84 Å². The van der Waals surface area contributed by atoms with Gasteiger partial charge in [-0.05, 0) is 29.3 Å². The Kier molecular flexibility index (Phi) is 6.93. The molecule has 9 heteroatoms. The normalized spacial score (nSPS) is 12.3. The summed E-state index contributed by atoms with van der Waals surface area (Å²) in [6.07, 6.45) is -4.48. The highest BCUT2D eigenvalue weighted by Crippen LogP contribution is 2.32. The maximum atomic E-state index is 12.9. The predicted octanol–water partition coefficient (Wildman–Crippen LogP) is 3.59. The van der Waals surface area contributed by atoms with Gasteiger partial charge in [-0.25, -0.2) is 8.42 Å². The van der Waals surface area contributed by atoms with Crippen LogP contribution in [-0.4, -0.2) is 26.6 Å². The Morgan fingerprint density at radius 3 is 2.23 bits per heavy atom. The van der Waals surface area contributed by atoms with Crippen molar-refractivity contribution in [3.63, 3.8) is 0 Å². The van der Waals surface area contributed by atoms with E-state index >= 15 is 0 Å². The van der Waals surface area contributed by atoms with Crippen LogP contribution in [0.2, 0.25) is 0 Å². The third-order valence-electron chi connectivity index (χ3n) is 4.52. The van der Waals surface area contributed by atoms with Crippen LogP contribution in [0.4, 0.5) is 13.2 Å². The number of alkyl halides is 3. The molecule has 0 radical (unpaired) electrons. The van der Waals surface area contributed by atoms with Crippen LogP contribution in [0.1, 0.15) is 36.1 Å². The van der Waals surface area contributed by atoms with Gasteiger partial charge in [0, 0.05) is 12.0 Å². The molecular weight excluding hydrogens is 417 g/mol. The SMILES string of the molecule is CC(C)(CNC(=O)CS(=O)(=O)Cc1ccc(C#N)cc1)c1cccc(C(F)(F)F)c1. The second-order valence-corrected chi connectivity index (χ2v) is 9.64. The molecule has 30 heavy (non-hydrogen) atoms. The summed E-state index contributed by atoms with van der Waals surface area (Å²) in [7, 11) is -3.76. The Labute approximate surface area is 173 Å². The average Bonchev–Trinajstić information content (AvgIpc) is 2.66. The summed E-state index contributed by atoms with van der Waals surface area (Å²) in [5.41, 5.74) is -0.410. The van der Waals surface area contributed by atoms with Crippen molar-refractivity contribution in [2.24, 2.45) is 0 Å². The fourth-order valence-electron chi connectivity index (χ4n) is 2.77. The zero-order valence-electron chi connectivity index (χ0n) is 16.5. The Balaban J connectivity index is 1.99. The summed E-state index contributed by atoms with van der Waals surface area (Å²) in [6.45, 7) is 3.29. The quantitative estimate of drug-likeness (QED) is 0.716. The molecule has 0 heterocycles. The fraction of sp³-hybridized carbons (Fsp3) is 0.333. The van der Waals surface area contributed by atoms with Crippen LogP contribution >= 0.6 is 0 Å². The number of rotatable bonds is 7. The van der Waals surface area contributed by atoms with Crippen LogP contribution in [0.15, 0.2) is 48.5 Å². The summed E-state index contributed by atoms with van der Waals surface area (Å²) in [5.74, 6) is -1.84. The number of amides is 1. The monoisotopic (exact) mass is 438 g/mol. The van der Waals surface area contributed by atoms with Gasteiger partial charge in [0.25, 0.3) is 0 Å². The van der Waals surface area contributed by atoms with Crippen LogP contribution < -0.4 is 5.32 Å². The van der Waals surface area contributed by atoms with Crippen LogP contribution in [0.25, 0.3) is 0 Å². The van der Waals surface area contributed by atoms with Gasteiger partial charge in [0.2, 0.25) is 5.91 Å². The zero-order valence-corrected chi connectivity index (χ0v) is 17.3. The maximum absolute atomic E-state index is 12.9. The summed E-state index contributed by atoms with van der Waals surface area (Å²) < 4.78 is 63.3. The van der Waals surface area contributed by atoms with E-state index in [0.717, 1.165) is 12.1 Å². The molecule has 160 valence electrons. The van der Waals surface area contributed by atoms with E-state index in [-0.39, 0.29) is 12.3 Å². The minimum atomic E-state index is -4.48. The van der Waals surface area contributed by atoms with Gasteiger partial charge in [-0.1, -0.05) is 44.2 Å². The lowest BCUT2D eigenvalue weighted by atomic mass is 9.83. The molecule has 0 aliphatic heterocycles. The largest absolute Gasteiger partial charge is 0.416 e. The van der Waals surface area contributed by atoms with Crippen molar-refractivity contribution >= 4 is 15.7 Å². The molecule has 0 aliphatic rings. The molecule has 0 fully saturated rings. The first kappa shape index (κ1) is 23.4. The molecule has 1 N–H and O–H groups in total. The number of sulfone groups is 1. The highest BCUT2D eigenvalue weighted by Gasteiger charge is 2.32. The Bertz CT molecular complexity index is 1050. The second-order valence-electron chi connectivity index (χ2n) is 7.58. The second kappa shape index (κ2) is 8.88. The van der Waals surface area contributed by atoms with Crippen LogP contribution in [0.3, 0.4) is 0 Å². The van der Waals surface area contributed by atoms with Gasteiger partial charge in [-0.15, -0.1) is 0 Å². The van der Waals surface area contributed by atoms with Crippen molar-refractivity contribution in [2.45, 2.75) is 31.2 Å². The molecule has 0 bridgehead atoms. The third-order valence-corrected chi connectivity index (χ3v) is 5.99. The van der Waals surface area contributed by atoms with Gasteiger partial charge < -0.3 is 5.32 Å². The first-order chi connectivity index (χ1) is 13.8. The topological polar surface area (TPSA) is 87.0 Å². The van der Waals surface area contributed by atoms with Gasteiger partial charge >= 0.3 is 6.18 Å². The number of benzene rings is 2. The van der Waals surface area contributed by atoms with E-state index < -0.39 is 38.7 Å². The van der Waals surface area contributed by atoms with E-state index in [1.807, 2.05) is 6.07 Å². The van der Waals surface area contributed by atoms with E-state index in [1.165, 1.54) is 36.4 Å². The summed E-state index contributed by atoms with van der Waals surface area (Å²) in [4.78, 5) is 12.1. The minimum absolute atomic E-state index is 0.0282. The van der Waals surface area contributed by atoms with Gasteiger partial charge in [0.05, 0.1) is 22.9 Å². The van der Waals surface area contributed by atoms with Gasteiger partial charge in [-0.3, -0.25) is 4.79 Å². The number of halogens is 3. The smallest absolute Gasteiger partial charge is 0.354 e. The molecule has 2 aromatic carbocycles. The van der Waals surface area contributed by atoms with E-state index in [1.54, 1.807) is 13.8 Å². The van der Waals surface area contributed by atoms with Crippen molar-refractivity contribution in [3.05, 3.63) is 70.8 Å². The molecule has 1 amide bonds. The number of nitrogens with one attached hydrogen (secondary N) is 1. The maximum Gasteiger partial charge on any atom is 0.416 e. The predicted molar refractivity (Wildman–Crippen MR) is 106 cm³/mol. The molecule has 0 aromatic heterocycles. The molecule has 5 nitrogen and oxygen atoms in total. The van der Waals surface area contributed by atoms with E-state index in [2.05, 4.69) is 5.32 Å². The first-order valence-electron chi connectivity index (χ1n) is 8.96. The van der Waals surface area contributed by atoms with Gasteiger partial charge in [-0.2, -0.15) is 18.4 Å². The van der Waals surface area contributed by atoms with Crippen molar-refractivity contribution in [2.75, 3.05) is 12.3 Å². The van der Waals surface area contributed by atoms with Crippen LogP contribution in [-0.2, 0) is 32.0 Å². The zero-order chi connectivity index (χ0) is 22.6. The third kappa shape index (κ3) is 6.59. The lowest BCUT2D eigenvalue weighted by Crippen LogP contribution is -2.39. The highest BCUT2D eigenvalue weighted by molar-refractivity contribution is 7.91. The number of nitriles is 1. The molecule has 2 rings (SSSR count). The van der Waals surface area contributed by atoms with Crippen molar-refractivity contribution in [3.8, 4) is 6.07 Å². The molecule has 0 atom stereocenters. The van der Waals surface area contributed by atoms with Crippen molar-refractivity contribution in [1.29, 1.82) is 5.26 Å². The lowest BCUT2D eigenvalue weighted by molar-refractivity contribution is -0.137. The van der Waals surface area contributed by atoms with Crippen molar-refractivity contribution in [1.82, 2.24) is 5.32 Å². The molecule has 2 aromatic rings. The van der Waals surface area contributed by atoms with E-state index in [0.29, 0.717) is 16.7 Å². The molecule has 0 saturated carbocycles. The molecule has 0 unspecified atom stereocenters. The summed E-state index contributed by atoms with van der Waals surface area (Å²) in [5, 5.41) is 11.3. The fourth-order valence-corrected chi connectivity index (χ4v) is 4.07. The Hall–Kier alpha value is -2.86. The summed E-state index contributed by atoms with van der Waals surface area (Å²) in [6, 6.07) is 12.7. The Morgan fingerprint density at radius 2 is 1.67 bits per heavy atom. The number of carbonyl (C=O) groups is 1. The molecule has 0 saturated heterocycles. The van der Waals surface area contributed by atoms with Crippen LogP contribution in [0, 0.1) is 11.3 Å². The molecule has 0 aliphatic carbocycles. The highest BCUT2D eigenvalue weighted by atomic mass is 32.2. The number of hydrogen-bond acceptors (Lipinski definition) is 4. The Morgan fingerprint density at radius 1 is 1.07 bits per heavy atom. The van der Waals surface area contributed by atoms with Gasteiger partial charge in [0.1, 0.15) is 5.75 Å². The van der Waals surface area contributed by atoms with Crippen LogP contribution in [0.5, 0.6) is 0 Å². The lowest BCUT2D eigenvalue weighted by Gasteiger charge is -2.26. The number of hydrogen-bond donors (Lipinski definition) is 1. The number of nitrogens with zero attached hydrogens (tertiary/aromatic N) is 1.